The number of anilines is 1. The van der Waals surface area contributed by atoms with Gasteiger partial charge in [-0.2, -0.15) is 0 Å². The SMILES string of the molecule is C=Nc1[nH]ccc1-n1c(C)nnc1[C@H]1C[C@@H](Nc2ccc(Cl)cc2)C[C@H]1C. The Labute approximate surface area is 163 Å². The van der Waals surface area contributed by atoms with Crippen LogP contribution in [0.25, 0.3) is 5.69 Å². The highest BCUT2D eigenvalue weighted by molar-refractivity contribution is 6.30. The predicted octanol–water partition coefficient (Wildman–Crippen LogP) is 4.88. The fourth-order valence-electron chi connectivity index (χ4n) is 4.08. The molecule has 0 saturated heterocycles. The van der Waals surface area contributed by atoms with Gasteiger partial charge in [0, 0.05) is 28.9 Å². The number of nitrogens with zero attached hydrogens (tertiary/aromatic N) is 4. The molecule has 2 aromatic heterocycles. The first-order chi connectivity index (χ1) is 13.1. The number of halogens is 1. The number of rotatable bonds is 5. The molecule has 4 rings (SSSR count). The van der Waals surface area contributed by atoms with E-state index in [0.29, 0.717) is 17.9 Å². The quantitative estimate of drug-likeness (QED) is 0.617. The third kappa shape index (κ3) is 3.37. The lowest BCUT2D eigenvalue weighted by molar-refractivity contribution is 0.502. The lowest BCUT2D eigenvalue weighted by atomic mass is 9.97. The number of aromatic amines is 1. The van der Waals surface area contributed by atoms with Crippen LogP contribution in [0, 0.1) is 12.8 Å². The van der Waals surface area contributed by atoms with Crippen LogP contribution >= 0.6 is 11.6 Å². The smallest absolute Gasteiger partial charge is 0.153 e. The van der Waals surface area contributed by atoms with Gasteiger partial charge in [0.1, 0.15) is 11.6 Å². The van der Waals surface area contributed by atoms with E-state index in [1.807, 2.05) is 43.5 Å². The van der Waals surface area contributed by atoms with E-state index in [2.05, 4.69) is 43.7 Å². The Balaban J connectivity index is 1.59. The fourth-order valence-corrected chi connectivity index (χ4v) is 4.21. The van der Waals surface area contributed by atoms with Crippen LogP contribution < -0.4 is 5.32 Å². The number of nitrogens with one attached hydrogen (secondary N) is 2. The molecule has 1 fully saturated rings. The van der Waals surface area contributed by atoms with Gasteiger partial charge >= 0.3 is 0 Å². The molecule has 0 bridgehead atoms. The van der Waals surface area contributed by atoms with Gasteiger partial charge in [0.15, 0.2) is 5.82 Å². The second kappa shape index (κ2) is 7.19. The van der Waals surface area contributed by atoms with Gasteiger partial charge in [-0.15, -0.1) is 10.2 Å². The molecular weight excluding hydrogens is 360 g/mol. The molecule has 1 aromatic carbocycles. The largest absolute Gasteiger partial charge is 0.382 e. The lowest BCUT2D eigenvalue weighted by Gasteiger charge is -2.17. The fraction of sp³-hybridized carbons (Fsp3) is 0.350. The highest BCUT2D eigenvalue weighted by Crippen LogP contribution is 2.41. The Morgan fingerprint density at radius 3 is 2.74 bits per heavy atom. The van der Waals surface area contributed by atoms with E-state index in [0.717, 1.165) is 46.7 Å². The topological polar surface area (TPSA) is 70.9 Å². The lowest BCUT2D eigenvalue weighted by Crippen LogP contribution is -2.16. The van der Waals surface area contributed by atoms with Crippen molar-refractivity contribution < 1.29 is 0 Å². The van der Waals surface area contributed by atoms with E-state index in [1.165, 1.54) is 0 Å². The van der Waals surface area contributed by atoms with Gasteiger partial charge in [0.25, 0.3) is 0 Å². The molecule has 0 unspecified atom stereocenters. The maximum Gasteiger partial charge on any atom is 0.153 e. The van der Waals surface area contributed by atoms with Crippen molar-refractivity contribution in [1.82, 2.24) is 19.7 Å². The van der Waals surface area contributed by atoms with Crippen molar-refractivity contribution in [3.63, 3.8) is 0 Å². The molecule has 1 aliphatic carbocycles. The Hall–Kier alpha value is -2.60. The summed E-state index contributed by atoms with van der Waals surface area (Å²) in [6.45, 7) is 7.91. The number of aliphatic imine (C=N–C) groups is 1. The molecule has 0 amide bonds. The molecule has 140 valence electrons. The highest BCUT2D eigenvalue weighted by Gasteiger charge is 2.36. The van der Waals surface area contributed by atoms with Crippen LogP contribution in [-0.2, 0) is 0 Å². The first-order valence-corrected chi connectivity index (χ1v) is 9.53. The molecule has 1 aliphatic rings. The molecular formula is C20H23ClN6. The summed E-state index contributed by atoms with van der Waals surface area (Å²) in [7, 11) is 0. The van der Waals surface area contributed by atoms with E-state index in [9.17, 15) is 0 Å². The van der Waals surface area contributed by atoms with E-state index < -0.39 is 0 Å². The van der Waals surface area contributed by atoms with Gasteiger partial charge in [-0.3, -0.25) is 4.57 Å². The normalized spacial score (nSPS) is 22.1. The molecule has 1 saturated carbocycles. The molecule has 27 heavy (non-hydrogen) atoms. The van der Waals surface area contributed by atoms with Crippen molar-refractivity contribution >= 4 is 29.8 Å². The van der Waals surface area contributed by atoms with Crippen molar-refractivity contribution in [1.29, 1.82) is 0 Å². The summed E-state index contributed by atoms with van der Waals surface area (Å²) in [5.41, 5.74) is 2.04. The minimum atomic E-state index is 0.323. The van der Waals surface area contributed by atoms with Crippen molar-refractivity contribution in [3.05, 3.63) is 53.2 Å². The number of hydrogen-bond acceptors (Lipinski definition) is 4. The Morgan fingerprint density at radius 2 is 2.00 bits per heavy atom. The molecule has 3 atom stereocenters. The monoisotopic (exact) mass is 382 g/mol. The number of aromatic nitrogens is 4. The van der Waals surface area contributed by atoms with Gasteiger partial charge in [0.05, 0.1) is 5.69 Å². The van der Waals surface area contributed by atoms with Crippen LogP contribution in [0.4, 0.5) is 11.5 Å². The number of benzene rings is 1. The van der Waals surface area contributed by atoms with Gasteiger partial charge in [0.2, 0.25) is 0 Å². The number of aryl methyl sites for hydroxylation is 1. The third-order valence-electron chi connectivity index (χ3n) is 5.38. The van der Waals surface area contributed by atoms with Crippen LogP contribution in [0.1, 0.15) is 37.3 Å². The van der Waals surface area contributed by atoms with Gasteiger partial charge in [-0.1, -0.05) is 18.5 Å². The van der Waals surface area contributed by atoms with Crippen LogP contribution in [0.5, 0.6) is 0 Å². The summed E-state index contributed by atoms with van der Waals surface area (Å²) in [5.74, 6) is 3.40. The zero-order chi connectivity index (χ0) is 19.0. The standard InChI is InChI=1S/C20H23ClN6/c1-12-10-16(24-15-6-4-14(21)5-7-15)11-17(12)20-26-25-13(2)27(20)18-8-9-23-19(18)22-3/h4-9,12,16-17,23-24H,3,10-11H2,1-2H3/t12-,16+,17+/m1/s1. The zero-order valence-electron chi connectivity index (χ0n) is 15.5. The van der Waals surface area contributed by atoms with Crippen molar-refractivity contribution in [3.8, 4) is 5.69 Å². The Bertz CT molecular complexity index is 942. The highest BCUT2D eigenvalue weighted by atomic mass is 35.5. The van der Waals surface area contributed by atoms with Gasteiger partial charge in [-0.25, -0.2) is 4.99 Å². The van der Waals surface area contributed by atoms with E-state index in [4.69, 9.17) is 11.6 Å². The second-order valence-electron chi connectivity index (χ2n) is 7.21. The first kappa shape index (κ1) is 17.8. The van der Waals surface area contributed by atoms with E-state index >= 15 is 0 Å². The molecule has 6 nitrogen and oxygen atoms in total. The number of H-pyrrole nitrogens is 1. The van der Waals surface area contributed by atoms with Gasteiger partial charge in [-0.05, 0) is 62.7 Å². The molecule has 2 heterocycles. The molecule has 7 heteroatoms. The minimum Gasteiger partial charge on any atom is -0.382 e. The van der Waals surface area contributed by atoms with Crippen LogP contribution in [-0.4, -0.2) is 32.5 Å². The van der Waals surface area contributed by atoms with E-state index in [-0.39, 0.29) is 0 Å². The molecule has 0 spiro atoms. The summed E-state index contributed by atoms with van der Waals surface area (Å²) in [5, 5.41) is 13.3. The Kier molecular flexibility index (Phi) is 4.74. The molecule has 3 aromatic rings. The molecule has 0 radical (unpaired) electrons. The molecule has 2 N–H and O–H groups in total. The van der Waals surface area contributed by atoms with Crippen molar-refractivity contribution in [2.45, 2.75) is 38.6 Å². The van der Waals surface area contributed by atoms with Crippen molar-refractivity contribution in [2.24, 2.45) is 10.9 Å². The summed E-state index contributed by atoms with van der Waals surface area (Å²) in [6.07, 6.45) is 3.95. The number of hydrogen-bond donors (Lipinski definition) is 2. The summed E-state index contributed by atoms with van der Waals surface area (Å²) in [6, 6.07) is 10.3. The predicted molar refractivity (Wildman–Crippen MR) is 110 cm³/mol. The summed E-state index contributed by atoms with van der Waals surface area (Å²) < 4.78 is 2.10. The summed E-state index contributed by atoms with van der Waals surface area (Å²) in [4.78, 5) is 7.20. The zero-order valence-corrected chi connectivity index (χ0v) is 16.2. The maximum absolute atomic E-state index is 5.99. The van der Waals surface area contributed by atoms with Crippen LogP contribution in [0.3, 0.4) is 0 Å². The average Bonchev–Trinajstić information content (AvgIpc) is 3.35. The second-order valence-corrected chi connectivity index (χ2v) is 7.65. The minimum absolute atomic E-state index is 0.323. The van der Waals surface area contributed by atoms with E-state index in [1.54, 1.807) is 0 Å². The van der Waals surface area contributed by atoms with Gasteiger partial charge < -0.3 is 10.3 Å². The maximum atomic E-state index is 5.99. The third-order valence-corrected chi connectivity index (χ3v) is 5.63. The summed E-state index contributed by atoms with van der Waals surface area (Å²) >= 11 is 5.99. The van der Waals surface area contributed by atoms with Crippen LogP contribution in [0.2, 0.25) is 5.02 Å². The average molecular weight is 383 g/mol. The van der Waals surface area contributed by atoms with Crippen LogP contribution in [0.15, 0.2) is 41.5 Å². The van der Waals surface area contributed by atoms with Crippen molar-refractivity contribution in [2.75, 3.05) is 5.32 Å². The molecule has 0 aliphatic heterocycles. The Morgan fingerprint density at radius 1 is 1.22 bits per heavy atom. The first-order valence-electron chi connectivity index (χ1n) is 9.15.